The maximum Gasteiger partial charge on any atom is 0.186 e. The molecule has 104 valence electrons. The highest BCUT2D eigenvalue weighted by molar-refractivity contribution is 5.42. The van der Waals surface area contributed by atoms with Gasteiger partial charge in [-0.3, -0.25) is 0 Å². The normalized spacial score (nSPS) is 10.6. The molecule has 2 rings (SSSR count). The first kappa shape index (κ1) is 14.1. The molecule has 0 spiro atoms. The minimum Gasteiger partial charge on any atom is -0.497 e. The lowest BCUT2D eigenvalue weighted by Gasteiger charge is -2.14. The van der Waals surface area contributed by atoms with Gasteiger partial charge in [0.05, 0.1) is 18.5 Å². The number of benzene rings is 1. The summed E-state index contributed by atoms with van der Waals surface area (Å²) in [4.78, 5) is 0. The summed E-state index contributed by atoms with van der Waals surface area (Å²) in [7, 11) is 1.63. The Morgan fingerprint density at radius 2 is 2.10 bits per heavy atom. The third kappa shape index (κ3) is 2.50. The van der Waals surface area contributed by atoms with Crippen molar-refractivity contribution in [2.75, 3.05) is 7.11 Å². The molecule has 1 aromatic heterocycles. The van der Waals surface area contributed by atoms with Gasteiger partial charge in [-0.25, -0.2) is 4.68 Å². The zero-order valence-electron chi connectivity index (χ0n) is 12.0. The van der Waals surface area contributed by atoms with E-state index in [1.807, 2.05) is 24.3 Å². The van der Waals surface area contributed by atoms with Crippen molar-refractivity contribution in [1.29, 1.82) is 5.26 Å². The van der Waals surface area contributed by atoms with E-state index >= 15 is 0 Å². The highest BCUT2D eigenvalue weighted by Crippen LogP contribution is 2.28. The molecule has 5 nitrogen and oxygen atoms in total. The fraction of sp³-hybridized carbons (Fsp3) is 0.400. The highest BCUT2D eigenvalue weighted by Gasteiger charge is 2.21. The predicted octanol–water partition coefficient (Wildman–Crippen LogP) is 3.05. The standard InChI is InChI=1S/C15H18N4O/c1-4-11(5-2)15-14(10-16)17-18-19(15)12-7-6-8-13(9-12)20-3/h6-9,11H,4-5H2,1-3H3. The number of hydrogen-bond acceptors (Lipinski definition) is 4. The molecular weight excluding hydrogens is 252 g/mol. The van der Waals surface area contributed by atoms with Crippen molar-refractivity contribution in [3.05, 3.63) is 35.7 Å². The first-order valence-corrected chi connectivity index (χ1v) is 6.75. The summed E-state index contributed by atoms with van der Waals surface area (Å²) >= 11 is 0. The summed E-state index contributed by atoms with van der Waals surface area (Å²) in [6.07, 6.45) is 1.89. The van der Waals surface area contributed by atoms with Crippen LogP contribution in [0.4, 0.5) is 0 Å². The van der Waals surface area contributed by atoms with E-state index in [9.17, 15) is 5.26 Å². The third-order valence-corrected chi connectivity index (χ3v) is 3.48. The first-order valence-electron chi connectivity index (χ1n) is 6.75. The number of nitriles is 1. The Kier molecular flexibility index (Phi) is 4.36. The van der Waals surface area contributed by atoms with Gasteiger partial charge in [0.1, 0.15) is 11.8 Å². The fourth-order valence-electron chi connectivity index (χ4n) is 2.34. The van der Waals surface area contributed by atoms with Gasteiger partial charge in [-0.05, 0) is 25.0 Å². The van der Waals surface area contributed by atoms with Gasteiger partial charge in [0, 0.05) is 12.0 Å². The van der Waals surface area contributed by atoms with Crippen molar-refractivity contribution in [3.63, 3.8) is 0 Å². The quantitative estimate of drug-likeness (QED) is 0.837. The Balaban J connectivity index is 2.56. The molecule has 0 aliphatic rings. The minimum absolute atomic E-state index is 0.269. The van der Waals surface area contributed by atoms with E-state index in [2.05, 4.69) is 30.2 Å². The summed E-state index contributed by atoms with van der Waals surface area (Å²) in [5, 5.41) is 17.4. The van der Waals surface area contributed by atoms with Gasteiger partial charge in [0.25, 0.3) is 0 Å². The molecule has 1 heterocycles. The van der Waals surface area contributed by atoms with E-state index in [1.165, 1.54) is 0 Å². The lowest BCUT2D eigenvalue weighted by Crippen LogP contribution is -2.08. The molecule has 0 unspecified atom stereocenters. The van der Waals surface area contributed by atoms with Crippen LogP contribution in [0.1, 0.15) is 44.0 Å². The van der Waals surface area contributed by atoms with Crippen LogP contribution < -0.4 is 4.74 Å². The molecule has 5 heteroatoms. The molecule has 2 aromatic rings. The van der Waals surface area contributed by atoms with Crippen LogP contribution in [0.25, 0.3) is 5.69 Å². The van der Waals surface area contributed by atoms with Crippen molar-refractivity contribution in [2.45, 2.75) is 32.6 Å². The summed E-state index contributed by atoms with van der Waals surface area (Å²) in [5.74, 6) is 1.03. The second-order valence-electron chi connectivity index (χ2n) is 4.56. The third-order valence-electron chi connectivity index (χ3n) is 3.48. The van der Waals surface area contributed by atoms with E-state index in [4.69, 9.17) is 4.74 Å². The van der Waals surface area contributed by atoms with Crippen molar-refractivity contribution in [2.24, 2.45) is 0 Å². The maximum absolute atomic E-state index is 9.23. The topological polar surface area (TPSA) is 63.7 Å². The van der Waals surface area contributed by atoms with Crippen LogP contribution in [-0.2, 0) is 0 Å². The molecule has 0 atom stereocenters. The first-order chi connectivity index (χ1) is 9.74. The Morgan fingerprint density at radius 1 is 1.35 bits per heavy atom. The Morgan fingerprint density at radius 3 is 2.70 bits per heavy atom. The summed E-state index contributed by atoms with van der Waals surface area (Å²) in [6.45, 7) is 4.22. The van der Waals surface area contributed by atoms with Gasteiger partial charge in [0.15, 0.2) is 5.69 Å². The van der Waals surface area contributed by atoms with Crippen LogP contribution in [0.5, 0.6) is 5.75 Å². The number of rotatable bonds is 5. The lowest BCUT2D eigenvalue weighted by atomic mass is 9.97. The van der Waals surface area contributed by atoms with Crippen LogP contribution >= 0.6 is 0 Å². The van der Waals surface area contributed by atoms with E-state index in [-0.39, 0.29) is 5.92 Å². The molecule has 0 fully saturated rings. The van der Waals surface area contributed by atoms with Gasteiger partial charge in [-0.15, -0.1) is 5.10 Å². The molecule has 0 saturated heterocycles. The zero-order valence-corrected chi connectivity index (χ0v) is 12.0. The van der Waals surface area contributed by atoms with Crippen LogP contribution in [-0.4, -0.2) is 22.1 Å². The second kappa shape index (κ2) is 6.20. The molecule has 0 radical (unpaired) electrons. The monoisotopic (exact) mass is 270 g/mol. The van der Waals surface area contributed by atoms with Crippen molar-refractivity contribution < 1.29 is 4.74 Å². The molecule has 0 N–H and O–H groups in total. The van der Waals surface area contributed by atoms with E-state index in [0.717, 1.165) is 30.0 Å². The summed E-state index contributed by atoms with van der Waals surface area (Å²) in [6, 6.07) is 9.74. The van der Waals surface area contributed by atoms with Crippen LogP contribution in [0.3, 0.4) is 0 Å². The molecule has 0 aliphatic heterocycles. The fourth-order valence-corrected chi connectivity index (χ4v) is 2.34. The van der Waals surface area contributed by atoms with E-state index in [1.54, 1.807) is 11.8 Å². The van der Waals surface area contributed by atoms with Gasteiger partial charge in [0.2, 0.25) is 0 Å². The van der Waals surface area contributed by atoms with Crippen LogP contribution in [0.2, 0.25) is 0 Å². The van der Waals surface area contributed by atoms with Crippen molar-refractivity contribution in [3.8, 4) is 17.5 Å². The lowest BCUT2D eigenvalue weighted by molar-refractivity contribution is 0.414. The zero-order chi connectivity index (χ0) is 14.5. The molecule has 1 aromatic carbocycles. The Bertz CT molecular complexity index is 623. The van der Waals surface area contributed by atoms with Gasteiger partial charge >= 0.3 is 0 Å². The van der Waals surface area contributed by atoms with Crippen molar-refractivity contribution in [1.82, 2.24) is 15.0 Å². The summed E-state index contributed by atoms with van der Waals surface area (Å²) in [5.41, 5.74) is 2.15. The number of nitrogens with zero attached hydrogens (tertiary/aromatic N) is 4. The van der Waals surface area contributed by atoms with Crippen molar-refractivity contribution >= 4 is 0 Å². The molecule has 20 heavy (non-hydrogen) atoms. The number of methoxy groups -OCH3 is 1. The van der Waals surface area contributed by atoms with Gasteiger partial charge in [-0.1, -0.05) is 25.1 Å². The largest absolute Gasteiger partial charge is 0.497 e. The average molecular weight is 270 g/mol. The number of ether oxygens (including phenoxy) is 1. The minimum atomic E-state index is 0.269. The molecule has 0 aliphatic carbocycles. The SMILES string of the molecule is CCC(CC)c1c(C#N)nnn1-c1cccc(OC)c1. The predicted molar refractivity (Wildman–Crippen MR) is 75.9 cm³/mol. The van der Waals surface area contributed by atoms with Crippen LogP contribution in [0.15, 0.2) is 24.3 Å². The average Bonchev–Trinajstić information content (AvgIpc) is 2.92. The highest BCUT2D eigenvalue weighted by atomic mass is 16.5. The van der Waals surface area contributed by atoms with E-state index in [0.29, 0.717) is 5.69 Å². The molecule has 0 saturated carbocycles. The molecule has 0 bridgehead atoms. The molecular formula is C15H18N4O. The van der Waals surface area contributed by atoms with Crippen LogP contribution in [0, 0.1) is 11.3 Å². The number of aromatic nitrogens is 3. The second-order valence-corrected chi connectivity index (χ2v) is 4.56. The van der Waals surface area contributed by atoms with Gasteiger partial charge in [-0.2, -0.15) is 5.26 Å². The summed E-state index contributed by atoms with van der Waals surface area (Å²) < 4.78 is 6.98. The Labute approximate surface area is 118 Å². The van der Waals surface area contributed by atoms with E-state index < -0.39 is 0 Å². The maximum atomic E-state index is 9.23. The molecule has 0 amide bonds. The number of hydrogen-bond donors (Lipinski definition) is 0. The Hall–Kier alpha value is -2.35. The smallest absolute Gasteiger partial charge is 0.186 e. The van der Waals surface area contributed by atoms with Gasteiger partial charge < -0.3 is 4.74 Å².